The molecule has 1 atom stereocenters. The highest BCUT2D eigenvalue weighted by atomic mass is 16.5. The van der Waals surface area contributed by atoms with Gasteiger partial charge >= 0.3 is 6.03 Å². The fourth-order valence-electron chi connectivity index (χ4n) is 4.54. The monoisotopic (exact) mass is 511 g/mol. The number of amides is 4. The molecule has 0 fully saturated rings. The highest BCUT2D eigenvalue weighted by Crippen LogP contribution is 2.32. The Morgan fingerprint density at radius 2 is 1.84 bits per heavy atom. The van der Waals surface area contributed by atoms with E-state index in [1.165, 1.54) is 4.80 Å². The zero-order valence-electron chi connectivity index (χ0n) is 20.8. The van der Waals surface area contributed by atoms with Crippen molar-refractivity contribution in [1.82, 2.24) is 35.7 Å². The Kier molecular flexibility index (Phi) is 6.81. The van der Waals surface area contributed by atoms with Crippen LogP contribution in [-0.2, 0) is 18.4 Å². The zero-order chi connectivity index (χ0) is 26.6. The van der Waals surface area contributed by atoms with E-state index in [9.17, 15) is 14.4 Å². The highest BCUT2D eigenvalue weighted by Gasteiger charge is 2.30. The van der Waals surface area contributed by atoms with E-state index in [0.29, 0.717) is 30.1 Å². The van der Waals surface area contributed by atoms with E-state index < -0.39 is 12.1 Å². The van der Waals surface area contributed by atoms with Gasteiger partial charge in [-0.2, -0.15) is 4.80 Å². The van der Waals surface area contributed by atoms with Crippen LogP contribution in [0.1, 0.15) is 27.5 Å². The topological polar surface area (TPSA) is 131 Å². The molecule has 1 aliphatic rings. The summed E-state index contributed by atoms with van der Waals surface area (Å²) in [6.45, 7) is 0.615. The molecule has 1 aliphatic heterocycles. The minimum atomic E-state index is -0.654. The molecule has 2 N–H and O–H groups in total. The van der Waals surface area contributed by atoms with Gasteiger partial charge in [0.05, 0.1) is 20.2 Å². The van der Waals surface area contributed by atoms with Crippen molar-refractivity contribution in [2.75, 3.05) is 13.7 Å². The summed E-state index contributed by atoms with van der Waals surface area (Å²) in [6, 6.07) is 19.6. The van der Waals surface area contributed by atoms with Gasteiger partial charge in [0.2, 0.25) is 12.2 Å². The average Bonchev–Trinajstić information content (AvgIpc) is 3.51. The van der Waals surface area contributed by atoms with E-state index in [1.54, 1.807) is 25.1 Å². The maximum atomic E-state index is 13.1. The number of fused-ring (bicyclic) bond motifs is 1. The number of benzene rings is 3. The largest absolute Gasteiger partial charge is 0.497 e. The summed E-state index contributed by atoms with van der Waals surface area (Å²) in [4.78, 5) is 39.3. The number of nitrogens with one attached hydrogen (secondary N) is 2. The van der Waals surface area contributed by atoms with Gasteiger partial charge in [0.1, 0.15) is 5.75 Å². The molecule has 1 aromatic heterocycles. The van der Waals surface area contributed by atoms with Crippen molar-refractivity contribution in [3.05, 3.63) is 83.4 Å². The Hall–Kier alpha value is -5.06. The average molecular weight is 512 g/mol. The number of aromatic nitrogens is 4. The number of urea groups is 1. The molecular formula is C27H25N7O4. The van der Waals surface area contributed by atoms with Crippen LogP contribution >= 0.6 is 0 Å². The third kappa shape index (κ3) is 4.94. The summed E-state index contributed by atoms with van der Waals surface area (Å²) >= 11 is 0. The van der Waals surface area contributed by atoms with Crippen molar-refractivity contribution in [3.8, 4) is 28.3 Å². The third-order valence-electron chi connectivity index (χ3n) is 6.39. The molecule has 0 saturated heterocycles. The second kappa shape index (κ2) is 10.5. The Labute approximate surface area is 218 Å². The van der Waals surface area contributed by atoms with E-state index in [2.05, 4.69) is 26.0 Å². The molecule has 0 spiro atoms. The van der Waals surface area contributed by atoms with Gasteiger partial charge in [0.25, 0.3) is 5.91 Å². The molecule has 0 radical (unpaired) electrons. The van der Waals surface area contributed by atoms with Crippen LogP contribution < -0.4 is 15.4 Å². The Bertz CT molecular complexity index is 1500. The maximum Gasteiger partial charge on any atom is 0.321 e. The molecule has 3 aromatic carbocycles. The van der Waals surface area contributed by atoms with E-state index in [1.807, 2.05) is 60.7 Å². The number of imide groups is 1. The van der Waals surface area contributed by atoms with Crippen LogP contribution in [0.4, 0.5) is 4.79 Å². The van der Waals surface area contributed by atoms with E-state index in [0.717, 1.165) is 27.8 Å². The first-order valence-electron chi connectivity index (χ1n) is 11.9. The van der Waals surface area contributed by atoms with Crippen molar-refractivity contribution >= 4 is 18.3 Å². The second-order valence-electron chi connectivity index (χ2n) is 8.77. The molecule has 0 saturated carbocycles. The molecule has 0 bridgehead atoms. The van der Waals surface area contributed by atoms with Gasteiger partial charge in [-0.15, -0.1) is 10.2 Å². The van der Waals surface area contributed by atoms with Crippen LogP contribution in [0.25, 0.3) is 22.5 Å². The quantitative estimate of drug-likeness (QED) is 0.348. The maximum absolute atomic E-state index is 13.1. The Balaban J connectivity index is 1.41. The van der Waals surface area contributed by atoms with Gasteiger partial charge in [-0.25, -0.2) is 4.79 Å². The molecular weight excluding hydrogens is 486 g/mol. The Morgan fingerprint density at radius 1 is 1.08 bits per heavy atom. The summed E-state index contributed by atoms with van der Waals surface area (Å²) < 4.78 is 5.26. The molecule has 4 aromatic rings. The van der Waals surface area contributed by atoms with Gasteiger partial charge in [0.15, 0.2) is 0 Å². The SMILES string of the molecule is COc1ccc2c(c1)C(=O)N(C[C@H](NC(=O)NC=O)c1ccc(-c3ccccc3-c3nnn(C)n3)cc1)C2. The first kappa shape index (κ1) is 24.6. The number of aryl methyl sites for hydroxylation is 1. The molecule has 5 rings (SSSR count). The van der Waals surface area contributed by atoms with Crippen LogP contribution in [0.2, 0.25) is 0 Å². The fraction of sp³-hybridized carbons (Fsp3) is 0.185. The number of ether oxygens (including phenoxy) is 1. The van der Waals surface area contributed by atoms with Gasteiger partial charge in [-0.3, -0.25) is 14.9 Å². The molecule has 0 unspecified atom stereocenters. The number of hydrogen-bond acceptors (Lipinski definition) is 7. The van der Waals surface area contributed by atoms with Crippen LogP contribution in [-0.4, -0.2) is 57.1 Å². The van der Waals surface area contributed by atoms with Gasteiger partial charge in [-0.05, 0) is 39.6 Å². The number of tetrazole rings is 1. The summed E-state index contributed by atoms with van der Waals surface area (Å²) in [5.41, 5.74) is 4.91. The van der Waals surface area contributed by atoms with Gasteiger partial charge < -0.3 is 15.0 Å². The van der Waals surface area contributed by atoms with E-state index in [4.69, 9.17) is 4.74 Å². The molecule has 2 heterocycles. The zero-order valence-corrected chi connectivity index (χ0v) is 20.8. The number of carbonyl (C=O) groups is 3. The van der Waals surface area contributed by atoms with Crippen LogP contribution in [0, 0.1) is 0 Å². The van der Waals surface area contributed by atoms with Gasteiger partial charge in [-0.1, -0.05) is 54.6 Å². The molecule has 11 nitrogen and oxygen atoms in total. The van der Waals surface area contributed by atoms with E-state index >= 15 is 0 Å². The first-order valence-corrected chi connectivity index (χ1v) is 11.9. The molecule has 11 heteroatoms. The first-order chi connectivity index (χ1) is 18.5. The summed E-state index contributed by atoms with van der Waals surface area (Å²) in [6.07, 6.45) is 0.316. The van der Waals surface area contributed by atoms with E-state index in [-0.39, 0.29) is 12.5 Å². The van der Waals surface area contributed by atoms with Gasteiger partial charge in [0, 0.05) is 24.2 Å². The lowest BCUT2D eigenvalue weighted by molar-refractivity contribution is -0.108. The van der Waals surface area contributed by atoms with Crippen LogP contribution in [0.5, 0.6) is 5.75 Å². The smallest absolute Gasteiger partial charge is 0.321 e. The lowest BCUT2D eigenvalue weighted by Gasteiger charge is -2.25. The predicted octanol–water partition coefficient (Wildman–Crippen LogP) is 2.71. The molecule has 192 valence electrons. The fourth-order valence-corrected chi connectivity index (χ4v) is 4.54. The van der Waals surface area contributed by atoms with Crippen molar-refractivity contribution in [1.29, 1.82) is 0 Å². The molecule has 0 aliphatic carbocycles. The second-order valence-corrected chi connectivity index (χ2v) is 8.77. The summed E-state index contributed by atoms with van der Waals surface area (Å²) in [5, 5.41) is 17.3. The minimum Gasteiger partial charge on any atom is -0.497 e. The lowest BCUT2D eigenvalue weighted by Crippen LogP contribution is -2.42. The molecule has 4 amide bonds. The number of nitrogens with zero attached hydrogens (tertiary/aromatic N) is 5. The minimum absolute atomic E-state index is 0.150. The number of rotatable bonds is 8. The van der Waals surface area contributed by atoms with Crippen LogP contribution in [0.15, 0.2) is 66.7 Å². The summed E-state index contributed by atoms with van der Waals surface area (Å²) in [7, 11) is 3.26. The predicted molar refractivity (Wildman–Crippen MR) is 138 cm³/mol. The Morgan fingerprint density at radius 3 is 2.53 bits per heavy atom. The van der Waals surface area contributed by atoms with Crippen molar-refractivity contribution in [3.63, 3.8) is 0 Å². The van der Waals surface area contributed by atoms with Crippen molar-refractivity contribution < 1.29 is 19.1 Å². The standard InChI is InChI=1S/C27H25N7O4/c1-33-31-25(30-32-33)22-6-4-3-5-21(22)17-7-9-18(10-8-17)24(29-27(37)28-16-35)15-34-14-19-11-12-20(38-2)13-23(19)26(34)36/h3-13,16,24H,14-15H2,1-2H3,(H2,28,29,35,37)/t24-/m0/s1. The summed E-state index contributed by atoms with van der Waals surface area (Å²) in [5.74, 6) is 0.969. The molecule has 38 heavy (non-hydrogen) atoms. The lowest BCUT2D eigenvalue weighted by atomic mass is 9.96. The number of hydrogen-bond donors (Lipinski definition) is 2. The number of carbonyl (C=O) groups excluding carboxylic acids is 3. The highest BCUT2D eigenvalue weighted by molar-refractivity contribution is 5.98. The van der Waals surface area contributed by atoms with Crippen LogP contribution in [0.3, 0.4) is 0 Å². The normalized spacial score (nSPS) is 13.1. The van der Waals surface area contributed by atoms with Crippen molar-refractivity contribution in [2.24, 2.45) is 7.05 Å². The number of methoxy groups -OCH3 is 1. The third-order valence-corrected chi connectivity index (χ3v) is 6.39. The van der Waals surface area contributed by atoms with Crippen molar-refractivity contribution in [2.45, 2.75) is 12.6 Å².